The molecule has 1 unspecified atom stereocenters. The summed E-state index contributed by atoms with van der Waals surface area (Å²) in [5.41, 5.74) is 4.63. The molecule has 9 nitrogen and oxygen atoms in total. The number of hydrogen-bond acceptors (Lipinski definition) is 6. The van der Waals surface area contributed by atoms with Crippen molar-refractivity contribution in [2.45, 2.75) is 45.9 Å². The zero-order valence-corrected chi connectivity index (χ0v) is 19.7. The highest BCUT2D eigenvalue weighted by Crippen LogP contribution is 2.32. The molecular weight excluding hydrogens is 471 g/mol. The van der Waals surface area contributed by atoms with E-state index in [9.17, 15) is 14.4 Å². The molecule has 3 aromatic rings. The lowest BCUT2D eigenvalue weighted by molar-refractivity contribution is -0.124. The third kappa shape index (κ3) is 5.43. The largest absolute Gasteiger partial charge is 0.479 e. The summed E-state index contributed by atoms with van der Waals surface area (Å²) in [7, 11) is 0. The second kappa shape index (κ2) is 10.6. The van der Waals surface area contributed by atoms with E-state index in [1.54, 1.807) is 30.3 Å². The first kappa shape index (κ1) is 24.5. The average Bonchev–Trinajstić information content (AvgIpc) is 3.28. The molecule has 2 heterocycles. The molecule has 3 N–H and O–H groups in total. The number of anilines is 2. The maximum atomic E-state index is 13.5. The van der Waals surface area contributed by atoms with Gasteiger partial charge < -0.3 is 14.9 Å². The van der Waals surface area contributed by atoms with Crippen LogP contribution >= 0.6 is 23.2 Å². The topological polar surface area (TPSA) is 124 Å². The van der Waals surface area contributed by atoms with Gasteiger partial charge in [-0.05, 0) is 37.6 Å². The summed E-state index contributed by atoms with van der Waals surface area (Å²) in [5, 5.41) is 0.423. The van der Waals surface area contributed by atoms with Crippen molar-refractivity contribution in [2.75, 3.05) is 10.6 Å². The molecule has 1 aromatic carbocycles. The van der Waals surface area contributed by atoms with Crippen molar-refractivity contribution in [1.29, 1.82) is 0 Å². The van der Waals surface area contributed by atoms with E-state index < -0.39 is 23.3 Å². The van der Waals surface area contributed by atoms with Gasteiger partial charge in [0.15, 0.2) is 11.8 Å². The predicted octanol–water partition coefficient (Wildman–Crippen LogP) is 3.82. The van der Waals surface area contributed by atoms with Crippen molar-refractivity contribution in [3.8, 4) is 5.75 Å². The van der Waals surface area contributed by atoms with Crippen LogP contribution < -0.4 is 26.6 Å². The molecule has 0 radical (unpaired) electrons. The molecule has 11 heteroatoms. The standard InChI is InChI=1S/C22H24Cl2N4O5/c1-3-4-10-27-19(25)18(20(29)26-22(27)31)28(12-14-7-6-11-32-14)21(30)13(2)33-16-9-5-8-15(23)17(16)24/h5-9,11,13H,3-4,10,12,25H2,1-2H3,(H,26,29,31). The Bertz CT molecular complexity index is 1240. The quantitative estimate of drug-likeness (QED) is 0.465. The highest BCUT2D eigenvalue weighted by atomic mass is 35.5. The molecule has 0 aliphatic heterocycles. The van der Waals surface area contributed by atoms with Crippen LogP contribution in [0.5, 0.6) is 5.75 Å². The van der Waals surface area contributed by atoms with E-state index >= 15 is 0 Å². The van der Waals surface area contributed by atoms with Crippen LogP contribution in [0.15, 0.2) is 50.6 Å². The van der Waals surface area contributed by atoms with E-state index in [1.807, 2.05) is 6.92 Å². The minimum atomic E-state index is -1.08. The van der Waals surface area contributed by atoms with Crippen molar-refractivity contribution in [1.82, 2.24) is 9.55 Å². The molecular formula is C22H24Cl2N4O5. The molecule has 0 spiro atoms. The van der Waals surface area contributed by atoms with Gasteiger partial charge in [0.05, 0.1) is 17.8 Å². The van der Waals surface area contributed by atoms with Crippen molar-refractivity contribution in [3.63, 3.8) is 0 Å². The number of hydrogen-bond donors (Lipinski definition) is 2. The predicted molar refractivity (Wildman–Crippen MR) is 127 cm³/mol. The Labute approximate surface area is 199 Å². The van der Waals surface area contributed by atoms with Gasteiger partial charge in [-0.15, -0.1) is 0 Å². The number of nitrogens with one attached hydrogen (secondary N) is 1. The number of nitrogens with two attached hydrogens (primary N) is 1. The number of rotatable bonds is 9. The lowest BCUT2D eigenvalue weighted by atomic mass is 10.2. The number of aromatic nitrogens is 2. The molecule has 0 saturated heterocycles. The fraction of sp³-hybridized carbons (Fsp3) is 0.318. The SMILES string of the molecule is CCCCn1c(N)c(N(Cc2ccco2)C(=O)C(C)Oc2cccc(Cl)c2Cl)c(=O)[nH]c1=O. The number of carbonyl (C=O) groups is 1. The number of nitrogen functional groups attached to an aromatic ring is 1. The van der Waals surface area contributed by atoms with Crippen LogP contribution in [-0.4, -0.2) is 21.6 Å². The minimum Gasteiger partial charge on any atom is -0.479 e. The van der Waals surface area contributed by atoms with Gasteiger partial charge in [0.25, 0.3) is 11.5 Å². The smallest absolute Gasteiger partial charge is 0.330 e. The normalized spacial score (nSPS) is 11.9. The number of furan rings is 1. The van der Waals surface area contributed by atoms with Crippen LogP contribution in [0.25, 0.3) is 0 Å². The average molecular weight is 495 g/mol. The summed E-state index contributed by atoms with van der Waals surface area (Å²) >= 11 is 12.2. The third-order valence-electron chi connectivity index (χ3n) is 4.95. The molecule has 176 valence electrons. The van der Waals surface area contributed by atoms with Gasteiger partial charge in [0.2, 0.25) is 0 Å². The number of benzene rings is 1. The zero-order valence-electron chi connectivity index (χ0n) is 18.1. The Morgan fingerprint density at radius 2 is 2.03 bits per heavy atom. The van der Waals surface area contributed by atoms with E-state index in [-0.39, 0.29) is 40.4 Å². The van der Waals surface area contributed by atoms with E-state index in [4.69, 9.17) is 38.1 Å². The first-order valence-electron chi connectivity index (χ1n) is 10.3. The van der Waals surface area contributed by atoms with Crippen LogP contribution in [0.4, 0.5) is 11.5 Å². The monoisotopic (exact) mass is 494 g/mol. The first-order chi connectivity index (χ1) is 15.7. The fourth-order valence-corrected chi connectivity index (χ4v) is 3.57. The van der Waals surface area contributed by atoms with Gasteiger partial charge in [0.1, 0.15) is 22.4 Å². The molecule has 0 aliphatic carbocycles. The molecule has 33 heavy (non-hydrogen) atoms. The number of amides is 1. The molecule has 0 saturated carbocycles. The van der Waals surface area contributed by atoms with Gasteiger partial charge >= 0.3 is 5.69 Å². The second-order valence-electron chi connectivity index (χ2n) is 7.31. The second-order valence-corrected chi connectivity index (χ2v) is 8.10. The number of carbonyl (C=O) groups excluding carboxylic acids is 1. The highest BCUT2D eigenvalue weighted by Gasteiger charge is 2.30. The number of unbranched alkanes of at least 4 members (excludes halogenated alkanes) is 1. The summed E-state index contributed by atoms with van der Waals surface area (Å²) in [6.07, 6.45) is 1.83. The molecule has 1 amide bonds. The van der Waals surface area contributed by atoms with Crippen molar-refractivity contribution < 1.29 is 13.9 Å². The van der Waals surface area contributed by atoms with Crippen LogP contribution in [0.1, 0.15) is 32.4 Å². The summed E-state index contributed by atoms with van der Waals surface area (Å²) in [6.45, 7) is 3.65. The summed E-state index contributed by atoms with van der Waals surface area (Å²) < 4.78 is 12.4. The van der Waals surface area contributed by atoms with Gasteiger partial charge in [-0.3, -0.25) is 24.0 Å². The molecule has 0 aliphatic rings. The summed E-state index contributed by atoms with van der Waals surface area (Å²) in [4.78, 5) is 42.0. The van der Waals surface area contributed by atoms with E-state index in [0.29, 0.717) is 12.2 Å². The van der Waals surface area contributed by atoms with Crippen molar-refractivity contribution in [2.24, 2.45) is 0 Å². The highest BCUT2D eigenvalue weighted by molar-refractivity contribution is 6.42. The Morgan fingerprint density at radius 3 is 2.70 bits per heavy atom. The number of H-pyrrole nitrogens is 1. The molecule has 3 rings (SSSR count). The summed E-state index contributed by atoms with van der Waals surface area (Å²) in [6, 6.07) is 8.09. The van der Waals surface area contributed by atoms with Crippen LogP contribution in [0.2, 0.25) is 10.0 Å². The molecule has 2 aromatic heterocycles. The van der Waals surface area contributed by atoms with Gasteiger partial charge in [-0.2, -0.15) is 0 Å². The number of nitrogens with zero attached hydrogens (tertiary/aromatic N) is 2. The van der Waals surface area contributed by atoms with Gasteiger partial charge in [-0.25, -0.2) is 4.79 Å². The third-order valence-corrected chi connectivity index (χ3v) is 5.75. The number of ether oxygens (including phenoxy) is 1. The Balaban J connectivity index is 2.03. The van der Waals surface area contributed by atoms with E-state index in [0.717, 1.165) is 11.3 Å². The van der Waals surface area contributed by atoms with Crippen molar-refractivity contribution in [3.05, 3.63) is 73.2 Å². The molecule has 0 fully saturated rings. The maximum Gasteiger partial charge on any atom is 0.330 e. The van der Waals surface area contributed by atoms with Crippen LogP contribution in [-0.2, 0) is 17.9 Å². The van der Waals surface area contributed by atoms with Crippen LogP contribution in [0.3, 0.4) is 0 Å². The van der Waals surface area contributed by atoms with Gasteiger partial charge in [0, 0.05) is 6.54 Å². The first-order valence-corrected chi connectivity index (χ1v) is 11.1. The lowest BCUT2D eigenvalue weighted by Crippen LogP contribution is -2.45. The Hall–Kier alpha value is -3.17. The van der Waals surface area contributed by atoms with Crippen molar-refractivity contribution >= 4 is 40.6 Å². The number of halogens is 2. The van der Waals surface area contributed by atoms with E-state index in [2.05, 4.69) is 4.98 Å². The molecule has 0 bridgehead atoms. The zero-order chi connectivity index (χ0) is 24.1. The summed E-state index contributed by atoms with van der Waals surface area (Å²) in [5.74, 6) is -0.107. The van der Waals surface area contributed by atoms with Gasteiger partial charge in [-0.1, -0.05) is 42.6 Å². The van der Waals surface area contributed by atoms with E-state index in [1.165, 1.54) is 17.8 Å². The number of aromatic amines is 1. The fourth-order valence-electron chi connectivity index (χ4n) is 3.24. The minimum absolute atomic E-state index is 0.109. The Morgan fingerprint density at radius 1 is 1.27 bits per heavy atom. The van der Waals surface area contributed by atoms with Crippen LogP contribution in [0, 0.1) is 0 Å². The Kier molecular flexibility index (Phi) is 7.88. The maximum absolute atomic E-state index is 13.5. The lowest BCUT2D eigenvalue weighted by Gasteiger charge is -2.26. The molecule has 1 atom stereocenters.